The first-order chi connectivity index (χ1) is 13.1. The van der Waals surface area contributed by atoms with Gasteiger partial charge in [-0.1, -0.05) is 11.6 Å². The van der Waals surface area contributed by atoms with Crippen LogP contribution in [0.2, 0.25) is 5.02 Å². The fourth-order valence-corrected chi connectivity index (χ4v) is 3.07. The predicted molar refractivity (Wildman–Crippen MR) is 100 cm³/mol. The SMILES string of the molecule is CNc1nc(-c2cnccn2)nc2c(F)cc(-c3ccc(F)cc3Cl)cc12. The summed E-state index contributed by atoms with van der Waals surface area (Å²) in [4.78, 5) is 16.9. The van der Waals surface area contributed by atoms with Gasteiger partial charge in [-0.05, 0) is 35.9 Å². The second-order valence-electron chi connectivity index (χ2n) is 5.71. The molecule has 0 aliphatic heterocycles. The molecule has 2 aromatic heterocycles. The largest absolute Gasteiger partial charge is 0.373 e. The van der Waals surface area contributed by atoms with Crippen molar-refractivity contribution in [3.8, 4) is 22.6 Å². The van der Waals surface area contributed by atoms with Crippen LogP contribution in [0.4, 0.5) is 14.6 Å². The van der Waals surface area contributed by atoms with Gasteiger partial charge in [-0.15, -0.1) is 0 Å². The lowest BCUT2D eigenvalue weighted by molar-refractivity contribution is 0.628. The fourth-order valence-electron chi connectivity index (χ4n) is 2.79. The van der Waals surface area contributed by atoms with Crippen LogP contribution in [-0.2, 0) is 0 Å². The van der Waals surface area contributed by atoms with Crippen LogP contribution in [0.3, 0.4) is 0 Å². The Bertz CT molecular complexity index is 1150. The number of rotatable bonds is 3. The maximum absolute atomic E-state index is 14.9. The van der Waals surface area contributed by atoms with Gasteiger partial charge in [0.05, 0.1) is 11.2 Å². The Labute approximate surface area is 158 Å². The van der Waals surface area contributed by atoms with Crippen LogP contribution >= 0.6 is 11.6 Å². The molecule has 27 heavy (non-hydrogen) atoms. The Kier molecular flexibility index (Phi) is 4.37. The average Bonchev–Trinajstić information content (AvgIpc) is 2.68. The lowest BCUT2D eigenvalue weighted by atomic mass is 10.0. The number of benzene rings is 2. The fraction of sp³-hybridized carbons (Fsp3) is 0.0526. The van der Waals surface area contributed by atoms with Crippen LogP contribution in [0, 0.1) is 11.6 Å². The van der Waals surface area contributed by atoms with E-state index < -0.39 is 11.6 Å². The zero-order chi connectivity index (χ0) is 19.0. The third-order valence-electron chi connectivity index (χ3n) is 4.03. The highest BCUT2D eigenvalue weighted by molar-refractivity contribution is 6.33. The maximum Gasteiger partial charge on any atom is 0.182 e. The molecule has 4 aromatic rings. The van der Waals surface area contributed by atoms with Gasteiger partial charge in [0, 0.05) is 30.4 Å². The van der Waals surface area contributed by atoms with E-state index in [1.807, 2.05) is 0 Å². The lowest BCUT2D eigenvalue weighted by Gasteiger charge is -2.11. The Hall–Kier alpha value is -3.19. The summed E-state index contributed by atoms with van der Waals surface area (Å²) in [6, 6.07) is 6.99. The summed E-state index contributed by atoms with van der Waals surface area (Å²) < 4.78 is 28.2. The molecular weight excluding hydrogens is 372 g/mol. The first-order valence-corrected chi connectivity index (χ1v) is 8.35. The molecule has 1 N–H and O–H groups in total. The minimum Gasteiger partial charge on any atom is -0.373 e. The molecule has 0 aliphatic rings. The number of anilines is 1. The zero-order valence-corrected chi connectivity index (χ0v) is 14.8. The molecule has 5 nitrogen and oxygen atoms in total. The summed E-state index contributed by atoms with van der Waals surface area (Å²) in [7, 11) is 1.68. The molecule has 2 aromatic carbocycles. The minimum absolute atomic E-state index is 0.136. The van der Waals surface area contributed by atoms with Gasteiger partial charge >= 0.3 is 0 Å². The second kappa shape index (κ2) is 6.85. The normalized spacial score (nSPS) is 11.0. The van der Waals surface area contributed by atoms with E-state index >= 15 is 0 Å². The molecule has 0 fully saturated rings. The van der Waals surface area contributed by atoms with Crippen LogP contribution in [0.15, 0.2) is 48.9 Å². The van der Waals surface area contributed by atoms with Crippen LogP contribution in [0.25, 0.3) is 33.5 Å². The number of halogens is 3. The van der Waals surface area contributed by atoms with E-state index in [9.17, 15) is 8.78 Å². The Morgan fingerprint density at radius 1 is 1.04 bits per heavy atom. The van der Waals surface area contributed by atoms with Crippen LogP contribution < -0.4 is 5.32 Å². The van der Waals surface area contributed by atoms with Crippen molar-refractivity contribution in [1.82, 2.24) is 19.9 Å². The molecule has 2 heterocycles. The summed E-state index contributed by atoms with van der Waals surface area (Å²) in [5.41, 5.74) is 1.58. The van der Waals surface area contributed by atoms with Crippen molar-refractivity contribution in [2.24, 2.45) is 0 Å². The van der Waals surface area contributed by atoms with Gasteiger partial charge in [-0.2, -0.15) is 0 Å². The summed E-state index contributed by atoms with van der Waals surface area (Å²) in [6.07, 6.45) is 4.55. The number of aromatic nitrogens is 4. The summed E-state index contributed by atoms with van der Waals surface area (Å²) in [5, 5.41) is 3.62. The van der Waals surface area contributed by atoms with E-state index in [1.54, 1.807) is 13.1 Å². The molecule has 0 unspecified atom stereocenters. The summed E-state index contributed by atoms with van der Waals surface area (Å²) in [6.45, 7) is 0. The number of nitrogens with one attached hydrogen (secondary N) is 1. The van der Waals surface area contributed by atoms with E-state index in [4.69, 9.17) is 11.6 Å². The minimum atomic E-state index is -0.549. The summed E-state index contributed by atoms with van der Waals surface area (Å²) in [5.74, 6) is -0.323. The standard InChI is InChI=1S/C19H12ClF2N5/c1-23-18-13-6-10(12-3-2-11(21)8-14(12)20)7-15(22)17(13)26-19(27-18)16-9-24-4-5-25-16/h2-9H,1H3,(H,23,26,27). The quantitative estimate of drug-likeness (QED) is 0.554. The van der Waals surface area contributed by atoms with E-state index in [1.165, 1.54) is 42.9 Å². The number of fused-ring (bicyclic) bond motifs is 1. The Balaban J connectivity index is 1.95. The highest BCUT2D eigenvalue weighted by Crippen LogP contribution is 2.34. The van der Waals surface area contributed by atoms with E-state index in [-0.39, 0.29) is 16.4 Å². The molecule has 0 aliphatic carbocycles. The summed E-state index contributed by atoms with van der Waals surface area (Å²) >= 11 is 6.12. The lowest BCUT2D eigenvalue weighted by Crippen LogP contribution is -2.01. The van der Waals surface area contributed by atoms with Gasteiger partial charge in [0.2, 0.25) is 0 Å². The molecule has 0 bridgehead atoms. The molecular formula is C19H12ClF2N5. The molecule has 0 atom stereocenters. The highest BCUT2D eigenvalue weighted by atomic mass is 35.5. The zero-order valence-electron chi connectivity index (χ0n) is 14.0. The van der Waals surface area contributed by atoms with Crippen molar-refractivity contribution in [3.63, 3.8) is 0 Å². The molecule has 134 valence electrons. The molecule has 0 saturated heterocycles. The van der Waals surface area contributed by atoms with Gasteiger partial charge < -0.3 is 5.32 Å². The molecule has 0 radical (unpaired) electrons. The van der Waals surface area contributed by atoms with Crippen molar-refractivity contribution >= 4 is 28.3 Å². The van der Waals surface area contributed by atoms with Crippen LogP contribution in [0.1, 0.15) is 0 Å². The first kappa shape index (κ1) is 17.2. The highest BCUT2D eigenvalue weighted by Gasteiger charge is 2.16. The van der Waals surface area contributed by atoms with E-state index in [0.29, 0.717) is 28.0 Å². The monoisotopic (exact) mass is 383 g/mol. The average molecular weight is 384 g/mol. The maximum atomic E-state index is 14.9. The third kappa shape index (κ3) is 3.17. The number of hydrogen-bond donors (Lipinski definition) is 1. The Morgan fingerprint density at radius 2 is 1.89 bits per heavy atom. The van der Waals surface area contributed by atoms with E-state index in [0.717, 1.165) is 0 Å². The second-order valence-corrected chi connectivity index (χ2v) is 6.12. The van der Waals surface area contributed by atoms with Gasteiger partial charge in [0.25, 0.3) is 0 Å². The smallest absolute Gasteiger partial charge is 0.182 e. The van der Waals surface area contributed by atoms with Gasteiger partial charge in [-0.3, -0.25) is 4.98 Å². The Morgan fingerprint density at radius 3 is 2.59 bits per heavy atom. The van der Waals surface area contributed by atoms with E-state index in [2.05, 4.69) is 25.3 Å². The molecule has 0 spiro atoms. The molecule has 0 amide bonds. The van der Waals surface area contributed by atoms with Crippen molar-refractivity contribution < 1.29 is 8.78 Å². The van der Waals surface area contributed by atoms with Crippen molar-refractivity contribution in [2.45, 2.75) is 0 Å². The van der Waals surface area contributed by atoms with Gasteiger partial charge in [0.15, 0.2) is 5.82 Å². The predicted octanol–water partition coefficient (Wildman–Crippen LogP) is 4.73. The van der Waals surface area contributed by atoms with Gasteiger partial charge in [-0.25, -0.2) is 23.7 Å². The van der Waals surface area contributed by atoms with Crippen molar-refractivity contribution in [3.05, 3.63) is 65.6 Å². The molecule has 4 rings (SSSR count). The van der Waals surface area contributed by atoms with Crippen molar-refractivity contribution in [1.29, 1.82) is 0 Å². The molecule has 0 saturated carbocycles. The van der Waals surface area contributed by atoms with Crippen molar-refractivity contribution in [2.75, 3.05) is 12.4 Å². The first-order valence-electron chi connectivity index (χ1n) is 7.97. The van der Waals surface area contributed by atoms with Gasteiger partial charge in [0.1, 0.15) is 28.7 Å². The number of nitrogens with zero attached hydrogens (tertiary/aromatic N) is 4. The third-order valence-corrected chi connectivity index (χ3v) is 4.34. The topological polar surface area (TPSA) is 63.6 Å². The molecule has 8 heteroatoms. The number of hydrogen-bond acceptors (Lipinski definition) is 5. The van der Waals surface area contributed by atoms with Crippen LogP contribution in [-0.4, -0.2) is 27.0 Å². The van der Waals surface area contributed by atoms with Crippen LogP contribution in [0.5, 0.6) is 0 Å².